The maximum Gasteiger partial charge on any atom is 0.238 e. The molecule has 1 rings (SSSR count). The molecule has 1 atom stereocenters. The van der Waals surface area contributed by atoms with Gasteiger partial charge in [0.2, 0.25) is 11.8 Å². The number of amides is 2. The molecule has 0 radical (unpaired) electrons. The Morgan fingerprint density at radius 2 is 2.26 bits per heavy atom. The third kappa shape index (κ3) is 5.54. The van der Waals surface area contributed by atoms with Gasteiger partial charge >= 0.3 is 0 Å². The Kier molecular flexibility index (Phi) is 7.39. The number of likely N-dealkylation sites (N-methyl/N-ethyl adjacent to an activating group) is 1. The van der Waals surface area contributed by atoms with Crippen molar-refractivity contribution in [2.75, 3.05) is 53.5 Å². The van der Waals surface area contributed by atoms with Crippen LogP contribution in [0.2, 0.25) is 0 Å². The molecule has 2 amide bonds. The Bertz CT molecular complexity index is 299. The molecule has 19 heavy (non-hydrogen) atoms. The predicted octanol–water partition coefficient (Wildman–Crippen LogP) is -1.84. The van der Waals surface area contributed by atoms with Crippen molar-refractivity contribution in [1.82, 2.24) is 20.9 Å². The summed E-state index contributed by atoms with van der Waals surface area (Å²) in [5.41, 5.74) is 0. The van der Waals surface area contributed by atoms with Crippen LogP contribution in [0.1, 0.15) is 6.42 Å². The van der Waals surface area contributed by atoms with E-state index >= 15 is 0 Å². The van der Waals surface area contributed by atoms with Crippen molar-refractivity contribution in [3.8, 4) is 0 Å². The molecule has 0 aromatic heterocycles. The Morgan fingerprint density at radius 3 is 2.95 bits per heavy atom. The average Bonchev–Trinajstić information content (AvgIpc) is 2.43. The van der Waals surface area contributed by atoms with Crippen LogP contribution in [-0.4, -0.2) is 76.2 Å². The molecule has 0 bridgehead atoms. The highest BCUT2D eigenvalue weighted by atomic mass is 16.5. The van der Waals surface area contributed by atoms with E-state index in [0.717, 1.165) is 13.0 Å². The number of hydrogen-bond acceptors (Lipinski definition) is 5. The molecule has 3 N–H and O–H groups in total. The number of rotatable bonds is 7. The van der Waals surface area contributed by atoms with Crippen molar-refractivity contribution >= 4 is 11.8 Å². The first-order valence-corrected chi connectivity index (χ1v) is 6.61. The van der Waals surface area contributed by atoms with Crippen LogP contribution in [0.3, 0.4) is 0 Å². The second-order valence-corrected chi connectivity index (χ2v) is 4.50. The topological polar surface area (TPSA) is 82.7 Å². The number of nitrogens with zero attached hydrogens (tertiary/aromatic N) is 1. The first-order valence-electron chi connectivity index (χ1n) is 6.61. The summed E-state index contributed by atoms with van der Waals surface area (Å²) in [6.45, 7) is 3.57. The average molecular weight is 272 g/mol. The number of carbonyl (C=O) groups excluding carboxylic acids is 2. The van der Waals surface area contributed by atoms with Crippen LogP contribution in [0.25, 0.3) is 0 Å². The third-order valence-electron chi connectivity index (χ3n) is 3.10. The molecule has 0 aromatic carbocycles. The van der Waals surface area contributed by atoms with E-state index in [1.54, 1.807) is 14.2 Å². The first-order chi connectivity index (χ1) is 9.19. The minimum absolute atomic E-state index is 0.0492. The zero-order valence-electron chi connectivity index (χ0n) is 11.7. The molecule has 1 aliphatic rings. The molecule has 0 aliphatic carbocycles. The van der Waals surface area contributed by atoms with Gasteiger partial charge in [-0.15, -0.1) is 0 Å². The van der Waals surface area contributed by atoms with Crippen molar-refractivity contribution in [3.63, 3.8) is 0 Å². The number of nitrogens with one attached hydrogen (secondary N) is 3. The van der Waals surface area contributed by atoms with E-state index in [0.29, 0.717) is 26.2 Å². The number of ether oxygens (including phenoxy) is 1. The molecule has 0 spiro atoms. The smallest absolute Gasteiger partial charge is 0.238 e. The SMILES string of the molecule is CNC(=O)C1CNCCN1CC(=O)NCCCOC. The molecule has 0 aromatic rings. The standard InChI is InChI=1S/C12H24N4O3/c1-13-12(18)10-8-14-5-6-16(10)9-11(17)15-4-3-7-19-2/h10,14H,3-9H2,1-2H3,(H,13,18)(H,15,17). The van der Waals surface area contributed by atoms with E-state index < -0.39 is 0 Å². The molecule has 1 fully saturated rings. The quantitative estimate of drug-likeness (QED) is 0.474. The van der Waals surface area contributed by atoms with Gasteiger partial charge in [0.1, 0.15) is 6.04 Å². The Labute approximate surface area is 114 Å². The second-order valence-electron chi connectivity index (χ2n) is 4.50. The number of hydrogen-bond donors (Lipinski definition) is 3. The van der Waals surface area contributed by atoms with Crippen LogP contribution in [0.5, 0.6) is 0 Å². The lowest BCUT2D eigenvalue weighted by atomic mass is 10.1. The van der Waals surface area contributed by atoms with Gasteiger partial charge in [-0.25, -0.2) is 0 Å². The van der Waals surface area contributed by atoms with Gasteiger partial charge in [-0.1, -0.05) is 0 Å². The van der Waals surface area contributed by atoms with E-state index in [4.69, 9.17) is 4.74 Å². The van der Waals surface area contributed by atoms with E-state index in [2.05, 4.69) is 16.0 Å². The van der Waals surface area contributed by atoms with Crippen LogP contribution in [0, 0.1) is 0 Å². The summed E-state index contributed by atoms with van der Waals surface area (Å²) in [5.74, 6) is -0.105. The van der Waals surface area contributed by atoms with Gasteiger partial charge in [0.05, 0.1) is 6.54 Å². The van der Waals surface area contributed by atoms with Gasteiger partial charge in [-0.2, -0.15) is 0 Å². The van der Waals surface area contributed by atoms with Crippen molar-refractivity contribution in [2.24, 2.45) is 0 Å². The van der Waals surface area contributed by atoms with Gasteiger partial charge < -0.3 is 20.7 Å². The summed E-state index contributed by atoms with van der Waals surface area (Å²) >= 11 is 0. The summed E-state index contributed by atoms with van der Waals surface area (Å²) < 4.78 is 4.91. The highest BCUT2D eigenvalue weighted by Gasteiger charge is 2.28. The summed E-state index contributed by atoms with van der Waals surface area (Å²) in [7, 11) is 3.25. The lowest BCUT2D eigenvalue weighted by molar-refractivity contribution is -0.129. The van der Waals surface area contributed by atoms with Gasteiger partial charge in [-0.05, 0) is 6.42 Å². The summed E-state index contributed by atoms with van der Waals surface area (Å²) in [4.78, 5) is 25.4. The van der Waals surface area contributed by atoms with Crippen molar-refractivity contribution < 1.29 is 14.3 Å². The van der Waals surface area contributed by atoms with Gasteiger partial charge in [0, 0.05) is 46.9 Å². The summed E-state index contributed by atoms with van der Waals surface area (Å²) in [6, 6.07) is -0.275. The Balaban J connectivity index is 2.35. The molecule has 0 saturated carbocycles. The largest absolute Gasteiger partial charge is 0.385 e. The normalized spacial score (nSPS) is 20.0. The van der Waals surface area contributed by atoms with Crippen molar-refractivity contribution in [1.29, 1.82) is 0 Å². The summed E-state index contributed by atoms with van der Waals surface area (Å²) in [5, 5.41) is 8.62. The third-order valence-corrected chi connectivity index (χ3v) is 3.10. The summed E-state index contributed by atoms with van der Waals surface area (Å²) in [6.07, 6.45) is 0.794. The maximum absolute atomic E-state index is 11.8. The predicted molar refractivity (Wildman–Crippen MR) is 71.8 cm³/mol. The molecular weight excluding hydrogens is 248 g/mol. The van der Waals surface area contributed by atoms with Gasteiger partial charge in [-0.3, -0.25) is 14.5 Å². The Hall–Kier alpha value is -1.18. The van der Waals surface area contributed by atoms with Crippen LogP contribution in [0.15, 0.2) is 0 Å². The fraction of sp³-hybridized carbons (Fsp3) is 0.833. The van der Waals surface area contributed by atoms with Gasteiger partial charge in [0.25, 0.3) is 0 Å². The molecule has 7 nitrogen and oxygen atoms in total. The fourth-order valence-corrected chi connectivity index (χ4v) is 2.05. The zero-order chi connectivity index (χ0) is 14.1. The minimum atomic E-state index is -0.275. The molecular formula is C12H24N4O3. The fourth-order valence-electron chi connectivity index (χ4n) is 2.05. The monoisotopic (exact) mass is 272 g/mol. The number of methoxy groups -OCH3 is 1. The zero-order valence-corrected chi connectivity index (χ0v) is 11.7. The van der Waals surface area contributed by atoms with Crippen molar-refractivity contribution in [3.05, 3.63) is 0 Å². The first kappa shape index (κ1) is 15.9. The highest BCUT2D eigenvalue weighted by Crippen LogP contribution is 2.02. The lowest BCUT2D eigenvalue weighted by Gasteiger charge is -2.34. The van der Waals surface area contributed by atoms with E-state index in [1.807, 2.05) is 4.90 Å². The van der Waals surface area contributed by atoms with Crippen LogP contribution in [-0.2, 0) is 14.3 Å². The molecule has 1 unspecified atom stereocenters. The number of piperazine rings is 1. The molecule has 1 saturated heterocycles. The lowest BCUT2D eigenvalue weighted by Crippen LogP contribution is -2.59. The molecule has 1 aliphatic heterocycles. The van der Waals surface area contributed by atoms with Crippen LogP contribution < -0.4 is 16.0 Å². The molecule has 7 heteroatoms. The highest BCUT2D eigenvalue weighted by molar-refractivity contribution is 5.83. The number of carbonyl (C=O) groups is 2. The van der Waals surface area contributed by atoms with E-state index in [9.17, 15) is 9.59 Å². The molecule has 110 valence electrons. The van der Waals surface area contributed by atoms with E-state index in [-0.39, 0.29) is 24.4 Å². The molecule has 1 heterocycles. The maximum atomic E-state index is 11.8. The van der Waals surface area contributed by atoms with E-state index in [1.165, 1.54) is 0 Å². The second kappa shape index (κ2) is 8.84. The van der Waals surface area contributed by atoms with Crippen LogP contribution >= 0.6 is 0 Å². The van der Waals surface area contributed by atoms with Gasteiger partial charge in [0.15, 0.2) is 0 Å². The Morgan fingerprint density at radius 1 is 1.47 bits per heavy atom. The minimum Gasteiger partial charge on any atom is -0.385 e. The van der Waals surface area contributed by atoms with Crippen LogP contribution in [0.4, 0.5) is 0 Å². The van der Waals surface area contributed by atoms with Crippen molar-refractivity contribution in [2.45, 2.75) is 12.5 Å².